The van der Waals surface area contributed by atoms with Gasteiger partial charge in [-0.15, -0.1) is 23.1 Å². The molecule has 0 radical (unpaired) electrons. The minimum atomic E-state index is -0.530. The summed E-state index contributed by atoms with van der Waals surface area (Å²) in [5.74, 6) is -0.570. The molecule has 32 heavy (non-hydrogen) atoms. The highest BCUT2D eigenvalue weighted by Gasteiger charge is 2.44. The smallest absolute Gasteiger partial charge is 0.341 e. The first-order valence-electron chi connectivity index (χ1n) is 10.7. The third-order valence-electron chi connectivity index (χ3n) is 6.33. The number of anilines is 2. The maximum atomic E-state index is 13.3. The monoisotopic (exact) mass is 472 g/mol. The van der Waals surface area contributed by atoms with E-state index in [9.17, 15) is 14.4 Å². The number of amides is 2. The third kappa shape index (κ3) is 4.18. The van der Waals surface area contributed by atoms with E-state index >= 15 is 0 Å². The number of thioether (sulfide) groups is 1. The lowest BCUT2D eigenvalue weighted by Crippen LogP contribution is -2.32. The fourth-order valence-electron chi connectivity index (χ4n) is 4.40. The maximum Gasteiger partial charge on any atom is 0.341 e. The van der Waals surface area contributed by atoms with Gasteiger partial charge < -0.3 is 10.5 Å². The molecule has 2 atom stereocenters. The second-order valence-electron chi connectivity index (χ2n) is 9.43. The van der Waals surface area contributed by atoms with E-state index in [0.717, 1.165) is 34.6 Å². The maximum absolute atomic E-state index is 13.3. The van der Waals surface area contributed by atoms with E-state index in [1.807, 2.05) is 12.1 Å². The number of hydrogen-bond acceptors (Lipinski definition) is 7. The number of methoxy groups -OCH3 is 1. The summed E-state index contributed by atoms with van der Waals surface area (Å²) in [6.45, 7) is 6.68. The topological polar surface area (TPSA) is 89.7 Å². The first-order chi connectivity index (χ1) is 15.1. The van der Waals surface area contributed by atoms with Crippen molar-refractivity contribution >= 4 is 51.6 Å². The van der Waals surface area contributed by atoms with Crippen LogP contribution in [0.2, 0.25) is 0 Å². The molecule has 170 valence electrons. The molecule has 1 aliphatic carbocycles. The number of imide groups is 1. The number of esters is 1. The standard InChI is InChI=1S/C24H28N2O4S2/c1-24(2,3)13-5-10-16-17(11-13)32-22(20(16)23(29)30-4)26-19(27)12-18(21(26)28)31-15-8-6-14(25)7-9-15/h6-9,13,18H,5,10-12,25H2,1-4H3/t13-,18+/m0/s1. The summed E-state index contributed by atoms with van der Waals surface area (Å²) in [7, 11) is 1.34. The van der Waals surface area contributed by atoms with Crippen molar-refractivity contribution in [3.8, 4) is 0 Å². The van der Waals surface area contributed by atoms with Crippen LogP contribution < -0.4 is 10.6 Å². The molecule has 0 bridgehead atoms. The number of benzene rings is 1. The molecule has 1 aliphatic heterocycles. The van der Waals surface area contributed by atoms with Gasteiger partial charge in [-0.3, -0.25) is 9.59 Å². The fourth-order valence-corrected chi connectivity index (χ4v) is 6.89. The van der Waals surface area contributed by atoms with Crippen LogP contribution in [-0.2, 0) is 27.2 Å². The summed E-state index contributed by atoms with van der Waals surface area (Å²) in [5.41, 5.74) is 7.86. The highest BCUT2D eigenvalue weighted by atomic mass is 32.2. The Morgan fingerprint density at radius 2 is 1.88 bits per heavy atom. The molecule has 1 fully saturated rings. The molecule has 2 heterocycles. The first-order valence-corrected chi connectivity index (χ1v) is 12.4. The molecule has 6 nitrogen and oxygen atoms in total. The number of ether oxygens (including phenoxy) is 1. The minimum absolute atomic E-state index is 0.0989. The van der Waals surface area contributed by atoms with Crippen LogP contribution in [-0.4, -0.2) is 30.1 Å². The molecule has 2 aromatic rings. The summed E-state index contributed by atoms with van der Waals surface area (Å²) >= 11 is 2.75. The van der Waals surface area contributed by atoms with Gasteiger partial charge in [-0.1, -0.05) is 20.8 Å². The van der Waals surface area contributed by atoms with Crippen LogP contribution in [0.4, 0.5) is 10.7 Å². The zero-order valence-electron chi connectivity index (χ0n) is 18.8. The molecule has 1 saturated heterocycles. The Bertz CT molecular complexity index is 1070. The fraction of sp³-hybridized carbons (Fsp3) is 0.458. The molecule has 1 aromatic heterocycles. The molecule has 1 aromatic carbocycles. The molecule has 8 heteroatoms. The van der Waals surface area contributed by atoms with Crippen LogP contribution in [0.1, 0.15) is 54.4 Å². The van der Waals surface area contributed by atoms with Crippen molar-refractivity contribution in [2.45, 2.75) is 56.6 Å². The molecular weight excluding hydrogens is 444 g/mol. The van der Waals surface area contributed by atoms with Gasteiger partial charge in [0.25, 0.3) is 0 Å². The van der Waals surface area contributed by atoms with Gasteiger partial charge in [0.15, 0.2) is 0 Å². The van der Waals surface area contributed by atoms with E-state index in [1.54, 1.807) is 12.1 Å². The molecule has 2 N–H and O–H groups in total. The molecular formula is C24H28N2O4S2. The predicted octanol–water partition coefficient (Wildman–Crippen LogP) is 4.69. The van der Waals surface area contributed by atoms with Crippen molar-refractivity contribution in [3.63, 3.8) is 0 Å². The summed E-state index contributed by atoms with van der Waals surface area (Å²) in [6.07, 6.45) is 2.65. The third-order valence-corrected chi connectivity index (χ3v) is 8.76. The summed E-state index contributed by atoms with van der Waals surface area (Å²) in [5, 5.41) is -0.107. The zero-order valence-corrected chi connectivity index (χ0v) is 20.4. The van der Waals surface area contributed by atoms with Gasteiger partial charge in [0, 0.05) is 21.9 Å². The van der Waals surface area contributed by atoms with Crippen LogP contribution in [0, 0.1) is 11.3 Å². The Balaban J connectivity index is 1.67. The van der Waals surface area contributed by atoms with E-state index in [2.05, 4.69) is 20.8 Å². The Morgan fingerprint density at radius 1 is 1.19 bits per heavy atom. The molecule has 0 saturated carbocycles. The quantitative estimate of drug-likeness (QED) is 0.394. The molecule has 0 unspecified atom stereocenters. The molecule has 0 spiro atoms. The van der Waals surface area contributed by atoms with E-state index in [1.165, 1.54) is 35.1 Å². The Labute approximate surface area is 196 Å². The second kappa shape index (κ2) is 8.56. The largest absolute Gasteiger partial charge is 0.465 e. The number of fused-ring (bicyclic) bond motifs is 1. The van der Waals surface area contributed by atoms with Crippen LogP contribution in [0.15, 0.2) is 29.2 Å². The highest BCUT2D eigenvalue weighted by molar-refractivity contribution is 8.00. The van der Waals surface area contributed by atoms with Crippen LogP contribution >= 0.6 is 23.1 Å². The normalized spacial score (nSPS) is 21.1. The lowest BCUT2D eigenvalue weighted by molar-refractivity contribution is -0.121. The molecule has 2 aliphatic rings. The Kier molecular flexibility index (Phi) is 6.11. The van der Waals surface area contributed by atoms with Crippen LogP contribution in [0.25, 0.3) is 0 Å². The Hall–Kier alpha value is -2.32. The molecule has 4 rings (SSSR count). The number of hydrogen-bond donors (Lipinski definition) is 1. The van der Waals surface area contributed by atoms with Crippen molar-refractivity contribution < 1.29 is 19.1 Å². The van der Waals surface area contributed by atoms with Gasteiger partial charge >= 0.3 is 5.97 Å². The van der Waals surface area contributed by atoms with Gasteiger partial charge in [-0.2, -0.15) is 0 Å². The van der Waals surface area contributed by atoms with E-state index in [-0.39, 0.29) is 23.7 Å². The summed E-state index contributed by atoms with van der Waals surface area (Å²) in [6, 6.07) is 7.24. The highest BCUT2D eigenvalue weighted by Crippen LogP contribution is 2.47. The first kappa shape index (κ1) is 22.9. The van der Waals surface area contributed by atoms with Gasteiger partial charge in [-0.05, 0) is 60.4 Å². The van der Waals surface area contributed by atoms with E-state index < -0.39 is 11.2 Å². The van der Waals surface area contributed by atoms with Crippen molar-refractivity contribution in [1.29, 1.82) is 0 Å². The van der Waals surface area contributed by atoms with Gasteiger partial charge in [0.2, 0.25) is 11.8 Å². The summed E-state index contributed by atoms with van der Waals surface area (Å²) < 4.78 is 5.06. The lowest BCUT2D eigenvalue weighted by Gasteiger charge is -2.33. The molecule has 2 amide bonds. The lowest BCUT2D eigenvalue weighted by atomic mass is 9.72. The van der Waals surface area contributed by atoms with Gasteiger partial charge in [-0.25, -0.2) is 9.69 Å². The average Bonchev–Trinajstić information content (AvgIpc) is 3.24. The second-order valence-corrected chi connectivity index (χ2v) is 11.8. The predicted molar refractivity (Wildman–Crippen MR) is 128 cm³/mol. The van der Waals surface area contributed by atoms with Gasteiger partial charge in [0.05, 0.1) is 17.9 Å². The number of carbonyl (C=O) groups is 3. The van der Waals surface area contributed by atoms with Crippen molar-refractivity contribution in [3.05, 3.63) is 40.3 Å². The number of rotatable bonds is 4. The average molecular weight is 473 g/mol. The van der Waals surface area contributed by atoms with Crippen molar-refractivity contribution in [2.24, 2.45) is 11.3 Å². The minimum Gasteiger partial charge on any atom is -0.465 e. The number of nitrogens with zero attached hydrogens (tertiary/aromatic N) is 1. The number of thiophene rings is 1. The van der Waals surface area contributed by atoms with Crippen LogP contribution in [0.3, 0.4) is 0 Å². The van der Waals surface area contributed by atoms with Gasteiger partial charge in [0.1, 0.15) is 5.00 Å². The number of nitrogens with two attached hydrogens (primary N) is 1. The van der Waals surface area contributed by atoms with Crippen molar-refractivity contribution in [2.75, 3.05) is 17.7 Å². The zero-order chi connectivity index (χ0) is 23.2. The van der Waals surface area contributed by atoms with E-state index in [0.29, 0.717) is 22.2 Å². The Morgan fingerprint density at radius 3 is 2.50 bits per heavy atom. The number of nitrogen functional groups attached to an aromatic ring is 1. The van der Waals surface area contributed by atoms with Crippen molar-refractivity contribution in [1.82, 2.24) is 0 Å². The van der Waals surface area contributed by atoms with Crippen LogP contribution in [0.5, 0.6) is 0 Å². The summed E-state index contributed by atoms with van der Waals surface area (Å²) in [4.78, 5) is 42.2. The SMILES string of the molecule is COC(=O)c1c(N2C(=O)C[C@@H](Sc3ccc(N)cc3)C2=O)sc2c1CC[C@H](C(C)(C)C)C2. The van der Waals surface area contributed by atoms with E-state index in [4.69, 9.17) is 10.5 Å². The number of carbonyl (C=O) groups excluding carboxylic acids is 3.